The maximum absolute atomic E-state index is 14.7. The van der Waals surface area contributed by atoms with Crippen molar-refractivity contribution in [1.29, 1.82) is 0 Å². The second-order valence-corrected chi connectivity index (χ2v) is 10.9. The summed E-state index contributed by atoms with van der Waals surface area (Å²) < 4.78 is 42.0. The average Bonchev–Trinajstić information content (AvgIpc) is 3.79. The highest BCUT2D eigenvalue weighted by Gasteiger charge is 2.38. The molecule has 1 N–H and O–H groups in total. The molecule has 0 aliphatic carbocycles. The maximum Gasteiger partial charge on any atom is 0.164 e. The van der Waals surface area contributed by atoms with Crippen LogP contribution in [-0.2, 0) is 16.6 Å². The molecule has 2 aromatic carbocycles. The summed E-state index contributed by atoms with van der Waals surface area (Å²) in [6, 6.07) is 9.46. The fourth-order valence-corrected chi connectivity index (χ4v) is 6.20. The molecule has 12 heteroatoms. The van der Waals surface area contributed by atoms with Crippen LogP contribution in [0, 0.1) is 23.5 Å². The lowest BCUT2D eigenvalue weighted by atomic mass is 10.0. The third-order valence-corrected chi connectivity index (χ3v) is 8.30. The van der Waals surface area contributed by atoms with Gasteiger partial charge in [-0.25, -0.2) is 23.8 Å². The summed E-state index contributed by atoms with van der Waals surface area (Å²) in [5.74, 6) is 0.836. The Labute approximate surface area is 241 Å². The molecule has 0 unspecified atom stereocenters. The van der Waals surface area contributed by atoms with Gasteiger partial charge >= 0.3 is 0 Å². The fourth-order valence-electron chi connectivity index (χ4n) is 6.20. The predicted octanol–water partition coefficient (Wildman–Crippen LogP) is 4.87. The van der Waals surface area contributed by atoms with Crippen molar-refractivity contribution in [2.24, 2.45) is 18.9 Å². The van der Waals surface area contributed by atoms with Crippen molar-refractivity contribution >= 4 is 23.0 Å². The number of methoxy groups -OCH3 is 1. The number of benzene rings is 2. The minimum atomic E-state index is -0.894. The van der Waals surface area contributed by atoms with Crippen molar-refractivity contribution in [2.75, 3.05) is 55.3 Å². The number of hydrogen-bond acceptors (Lipinski definition) is 9. The standard InChI is InChI=1S/C30H31F2N7O3/c1-37-12-18(11-35-37)22-8-24(27(40-2)9-26(22)38-13-19-15-41-16-20(19)14-38)36-28-10-29(34-17-33-28)39-25(6-7-42-39)21-4-3-5-23(31)30(21)32/h3-5,8-12,17,19-20,25H,6-7,13-16H2,1-2H3,(H,33,34,36)/t19-,20+,25-/m1/s1. The van der Waals surface area contributed by atoms with E-state index in [1.165, 1.54) is 17.5 Å². The van der Waals surface area contributed by atoms with Crippen LogP contribution in [0.15, 0.2) is 55.1 Å². The van der Waals surface area contributed by atoms with Gasteiger partial charge in [-0.15, -0.1) is 0 Å². The lowest BCUT2D eigenvalue weighted by molar-refractivity contribution is 0.156. The van der Waals surface area contributed by atoms with Crippen LogP contribution in [-0.4, -0.2) is 59.8 Å². The number of hydroxylamine groups is 1. The van der Waals surface area contributed by atoms with Crippen molar-refractivity contribution in [1.82, 2.24) is 19.7 Å². The van der Waals surface area contributed by atoms with Gasteiger partial charge in [0.2, 0.25) is 0 Å². The quantitative estimate of drug-likeness (QED) is 0.331. The van der Waals surface area contributed by atoms with Crippen LogP contribution < -0.4 is 20.0 Å². The van der Waals surface area contributed by atoms with Crippen molar-refractivity contribution in [3.63, 3.8) is 0 Å². The molecule has 3 aliphatic heterocycles. The molecule has 42 heavy (non-hydrogen) atoms. The van der Waals surface area contributed by atoms with E-state index in [1.807, 2.05) is 19.4 Å². The monoisotopic (exact) mass is 575 g/mol. The first-order valence-corrected chi connectivity index (χ1v) is 14.0. The Bertz CT molecular complexity index is 1600. The van der Waals surface area contributed by atoms with Crippen LogP contribution in [0.3, 0.4) is 0 Å². The summed E-state index contributed by atoms with van der Waals surface area (Å²) in [5.41, 5.74) is 4.01. The first-order valence-electron chi connectivity index (χ1n) is 14.0. The second-order valence-electron chi connectivity index (χ2n) is 10.9. The number of anilines is 4. The van der Waals surface area contributed by atoms with E-state index in [1.54, 1.807) is 23.9 Å². The number of nitrogens with one attached hydrogen (secondary N) is 1. The summed E-state index contributed by atoms with van der Waals surface area (Å²) >= 11 is 0. The highest BCUT2D eigenvalue weighted by molar-refractivity contribution is 5.85. The third kappa shape index (κ3) is 4.80. The molecule has 3 saturated heterocycles. The van der Waals surface area contributed by atoms with Crippen LogP contribution >= 0.6 is 0 Å². The van der Waals surface area contributed by atoms with E-state index >= 15 is 0 Å². The predicted molar refractivity (Wildman–Crippen MR) is 153 cm³/mol. The Kier molecular flexibility index (Phi) is 6.87. The zero-order valence-electron chi connectivity index (χ0n) is 23.3. The minimum Gasteiger partial charge on any atom is -0.494 e. The Morgan fingerprint density at radius 1 is 1.07 bits per heavy atom. The molecule has 2 aromatic heterocycles. The van der Waals surface area contributed by atoms with E-state index in [9.17, 15) is 8.78 Å². The molecule has 4 aromatic rings. The van der Waals surface area contributed by atoms with Gasteiger partial charge in [-0.05, 0) is 12.1 Å². The molecule has 10 nitrogen and oxygen atoms in total. The second kappa shape index (κ2) is 10.8. The van der Waals surface area contributed by atoms with Crippen LogP contribution in [0.25, 0.3) is 11.1 Å². The molecule has 3 aliphatic rings. The Balaban J connectivity index is 1.21. The molecule has 0 amide bonds. The number of aryl methyl sites for hydroxylation is 1. The number of fused-ring (bicyclic) bond motifs is 1. The lowest BCUT2D eigenvalue weighted by Crippen LogP contribution is -2.23. The van der Waals surface area contributed by atoms with Gasteiger partial charge in [-0.3, -0.25) is 9.52 Å². The molecule has 0 saturated carbocycles. The summed E-state index contributed by atoms with van der Waals surface area (Å²) in [4.78, 5) is 17.0. The van der Waals surface area contributed by atoms with Crippen molar-refractivity contribution in [3.05, 3.63) is 72.3 Å². The molecular weight excluding hydrogens is 544 g/mol. The van der Waals surface area contributed by atoms with E-state index in [0.29, 0.717) is 47.9 Å². The minimum absolute atomic E-state index is 0.219. The molecule has 218 valence electrons. The molecule has 3 atom stereocenters. The van der Waals surface area contributed by atoms with Gasteiger partial charge in [0.25, 0.3) is 0 Å². The first-order chi connectivity index (χ1) is 20.5. The number of halogens is 2. The summed E-state index contributed by atoms with van der Waals surface area (Å²) in [5, 5.41) is 9.30. The molecular formula is C30H31F2N7O3. The number of hydrogen-bond donors (Lipinski definition) is 1. The highest BCUT2D eigenvalue weighted by Crippen LogP contribution is 2.44. The van der Waals surface area contributed by atoms with Gasteiger partial charge in [0, 0.05) is 79.1 Å². The summed E-state index contributed by atoms with van der Waals surface area (Å²) in [6.45, 7) is 3.78. The molecule has 7 rings (SSSR count). The Hall–Kier alpha value is -4.29. The van der Waals surface area contributed by atoms with Gasteiger partial charge < -0.3 is 19.7 Å². The largest absolute Gasteiger partial charge is 0.494 e. The fraction of sp³-hybridized carbons (Fsp3) is 0.367. The van der Waals surface area contributed by atoms with Gasteiger partial charge in [0.15, 0.2) is 17.5 Å². The van der Waals surface area contributed by atoms with Crippen molar-refractivity contribution in [3.8, 4) is 16.9 Å². The third-order valence-electron chi connectivity index (χ3n) is 8.30. The SMILES string of the molecule is COc1cc(N2C[C@H]3COC[C@H]3C2)c(-c2cnn(C)c2)cc1Nc1cc(N2OCC[C@@H]2c2cccc(F)c2F)ncn1. The van der Waals surface area contributed by atoms with E-state index < -0.39 is 17.7 Å². The van der Waals surface area contributed by atoms with Gasteiger partial charge in [-0.2, -0.15) is 5.10 Å². The Morgan fingerprint density at radius 2 is 1.90 bits per heavy atom. The van der Waals surface area contributed by atoms with E-state index in [0.717, 1.165) is 49.2 Å². The number of aromatic nitrogens is 4. The van der Waals surface area contributed by atoms with Crippen LogP contribution in [0.4, 0.5) is 31.8 Å². The van der Waals surface area contributed by atoms with Crippen molar-refractivity contribution < 1.29 is 23.1 Å². The van der Waals surface area contributed by atoms with Gasteiger partial charge in [-0.1, -0.05) is 12.1 Å². The summed E-state index contributed by atoms with van der Waals surface area (Å²) in [7, 11) is 3.54. The zero-order chi connectivity index (χ0) is 28.8. The zero-order valence-corrected chi connectivity index (χ0v) is 23.3. The first kappa shape index (κ1) is 26.6. The maximum atomic E-state index is 14.7. The normalized spacial score (nSPS) is 21.7. The van der Waals surface area contributed by atoms with Crippen molar-refractivity contribution in [2.45, 2.75) is 12.5 Å². The van der Waals surface area contributed by atoms with Gasteiger partial charge in [0.1, 0.15) is 17.9 Å². The molecule has 5 heterocycles. The van der Waals surface area contributed by atoms with Crippen LogP contribution in [0.2, 0.25) is 0 Å². The van der Waals surface area contributed by atoms with E-state index in [-0.39, 0.29) is 5.56 Å². The number of nitrogens with zero attached hydrogens (tertiary/aromatic N) is 6. The number of rotatable bonds is 7. The molecule has 0 spiro atoms. The highest BCUT2D eigenvalue weighted by atomic mass is 19.2. The van der Waals surface area contributed by atoms with E-state index in [4.69, 9.17) is 14.3 Å². The van der Waals surface area contributed by atoms with E-state index in [2.05, 4.69) is 37.4 Å². The topological polar surface area (TPSA) is 89.8 Å². The number of ether oxygens (including phenoxy) is 2. The molecule has 0 bridgehead atoms. The average molecular weight is 576 g/mol. The van der Waals surface area contributed by atoms with Crippen LogP contribution in [0.1, 0.15) is 18.0 Å². The van der Waals surface area contributed by atoms with Crippen LogP contribution in [0.5, 0.6) is 5.75 Å². The molecule has 0 radical (unpaired) electrons. The Morgan fingerprint density at radius 3 is 2.67 bits per heavy atom. The lowest BCUT2D eigenvalue weighted by Gasteiger charge is -2.25. The molecule has 3 fully saturated rings. The van der Waals surface area contributed by atoms with Gasteiger partial charge in [0.05, 0.1) is 44.9 Å². The summed E-state index contributed by atoms with van der Waals surface area (Å²) in [6.07, 6.45) is 5.75. The smallest absolute Gasteiger partial charge is 0.164 e.